The highest BCUT2D eigenvalue weighted by molar-refractivity contribution is 5.92. The standard InChI is InChI=1S/C25H27FN4O4/c1-30(15-16-6-8-18(33-2)9-7-16)23-20(29-25(32)21-14-27-10-11-28-21)13-22(24(23)31)34-19-5-3-4-17(26)12-19/h3-12,14,20,22-24,31H,13,15H2,1-2H3,(H,29,32)/t20-,22-,23+,24+/m1/s1. The van der Waals surface area contributed by atoms with Crippen molar-refractivity contribution in [2.24, 2.45) is 0 Å². The number of benzene rings is 2. The lowest BCUT2D eigenvalue weighted by Gasteiger charge is -2.32. The molecule has 1 fully saturated rings. The molecule has 1 aliphatic carbocycles. The second-order valence-corrected chi connectivity index (χ2v) is 8.26. The van der Waals surface area contributed by atoms with Gasteiger partial charge in [-0.15, -0.1) is 0 Å². The minimum Gasteiger partial charge on any atom is -0.497 e. The normalized spacial score (nSPS) is 21.9. The third-order valence-corrected chi connectivity index (χ3v) is 5.93. The van der Waals surface area contributed by atoms with E-state index in [4.69, 9.17) is 9.47 Å². The lowest BCUT2D eigenvalue weighted by molar-refractivity contribution is 0.0124. The molecule has 4 rings (SSSR count). The molecule has 1 saturated carbocycles. The third-order valence-electron chi connectivity index (χ3n) is 5.93. The maximum Gasteiger partial charge on any atom is 0.271 e. The molecule has 0 unspecified atom stereocenters. The van der Waals surface area contributed by atoms with Gasteiger partial charge in [0.15, 0.2) is 0 Å². The van der Waals surface area contributed by atoms with Crippen LogP contribution in [-0.4, -0.2) is 64.3 Å². The van der Waals surface area contributed by atoms with Gasteiger partial charge in [-0.1, -0.05) is 18.2 Å². The van der Waals surface area contributed by atoms with Gasteiger partial charge in [-0.25, -0.2) is 9.37 Å². The molecule has 0 saturated heterocycles. The number of hydrogen-bond donors (Lipinski definition) is 2. The van der Waals surface area contributed by atoms with E-state index in [1.54, 1.807) is 19.2 Å². The Morgan fingerprint density at radius 2 is 2.00 bits per heavy atom. The Hall–Kier alpha value is -3.56. The molecule has 9 heteroatoms. The number of nitrogens with zero attached hydrogens (tertiary/aromatic N) is 3. The zero-order valence-electron chi connectivity index (χ0n) is 19.0. The van der Waals surface area contributed by atoms with Gasteiger partial charge in [0.25, 0.3) is 5.91 Å². The van der Waals surface area contributed by atoms with E-state index in [1.807, 2.05) is 36.2 Å². The zero-order valence-corrected chi connectivity index (χ0v) is 19.0. The van der Waals surface area contributed by atoms with Gasteiger partial charge in [0, 0.05) is 31.4 Å². The lowest BCUT2D eigenvalue weighted by Crippen LogP contribution is -2.52. The van der Waals surface area contributed by atoms with Gasteiger partial charge in [0.1, 0.15) is 35.2 Å². The first kappa shape index (κ1) is 23.6. The second-order valence-electron chi connectivity index (χ2n) is 8.26. The highest BCUT2D eigenvalue weighted by Gasteiger charge is 2.46. The van der Waals surface area contributed by atoms with Crippen molar-refractivity contribution in [3.05, 3.63) is 84.2 Å². The number of aliphatic hydroxyl groups excluding tert-OH is 1. The fraction of sp³-hybridized carbons (Fsp3) is 0.320. The largest absolute Gasteiger partial charge is 0.497 e. The molecule has 0 radical (unpaired) electrons. The van der Waals surface area contributed by atoms with Crippen LogP contribution in [0.3, 0.4) is 0 Å². The highest BCUT2D eigenvalue weighted by Crippen LogP contribution is 2.30. The predicted octanol–water partition coefficient (Wildman–Crippen LogP) is 2.44. The Morgan fingerprint density at radius 3 is 2.68 bits per heavy atom. The van der Waals surface area contributed by atoms with Gasteiger partial charge in [-0.2, -0.15) is 0 Å². The molecular weight excluding hydrogens is 439 g/mol. The molecule has 0 bridgehead atoms. The molecule has 2 aromatic carbocycles. The Balaban J connectivity index is 1.54. The average molecular weight is 467 g/mol. The summed E-state index contributed by atoms with van der Waals surface area (Å²) in [6.45, 7) is 0.524. The maximum atomic E-state index is 13.6. The van der Waals surface area contributed by atoms with Crippen LogP contribution >= 0.6 is 0 Å². The molecule has 0 spiro atoms. The smallest absolute Gasteiger partial charge is 0.271 e. The summed E-state index contributed by atoms with van der Waals surface area (Å²) in [5.41, 5.74) is 1.20. The van der Waals surface area contributed by atoms with Crippen LogP contribution in [0.4, 0.5) is 4.39 Å². The van der Waals surface area contributed by atoms with Crippen molar-refractivity contribution in [1.82, 2.24) is 20.2 Å². The van der Waals surface area contributed by atoms with Crippen molar-refractivity contribution >= 4 is 5.91 Å². The minimum atomic E-state index is -0.932. The highest BCUT2D eigenvalue weighted by atomic mass is 19.1. The monoisotopic (exact) mass is 466 g/mol. The number of methoxy groups -OCH3 is 1. The van der Waals surface area contributed by atoms with Gasteiger partial charge in [-0.3, -0.25) is 14.7 Å². The van der Waals surface area contributed by atoms with Crippen LogP contribution in [0.15, 0.2) is 67.1 Å². The number of likely N-dealkylation sites (N-methyl/N-ethyl adjacent to an activating group) is 1. The number of rotatable bonds is 8. The van der Waals surface area contributed by atoms with Gasteiger partial charge >= 0.3 is 0 Å². The van der Waals surface area contributed by atoms with Crippen molar-refractivity contribution in [2.45, 2.75) is 37.3 Å². The first-order chi connectivity index (χ1) is 16.4. The van der Waals surface area contributed by atoms with Crippen molar-refractivity contribution in [2.75, 3.05) is 14.2 Å². The quantitative estimate of drug-likeness (QED) is 0.526. The number of amides is 1. The van der Waals surface area contributed by atoms with E-state index >= 15 is 0 Å². The second kappa shape index (κ2) is 10.6. The molecule has 4 atom stereocenters. The topological polar surface area (TPSA) is 96.8 Å². The van der Waals surface area contributed by atoms with Crippen molar-refractivity contribution in [3.63, 3.8) is 0 Å². The Labute approximate surface area is 197 Å². The molecule has 1 aromatic heterocycles. The molecule has 1 aliphatic rings. The van der Waals surface area contributed by atoms with E-state index in [1.165, 1.54) is 30.7 Å². The molecule has 8 nitrogen and oxygen atoms in total. The first-order valence-corrected chi connectivity index (χ1v) is 10.9. The van der Waals surface area contributed by atoms with Crippen LogP contribution in [0.5, 0.6) is 11.5 Å². The molecule has 34 heavy (non-hydrogen) atoms. The maximum absolute atomic E-state index is 13.6. The molecule has 3 aromatic rings. The SMILES string of the molecule is COc1ccc(CN(C)[C@@H]2[C@@H](O)[C@H](Oc3cccc(F)c3)C[C@H]2NC(=O)c2cnccn2)cc1. The van der Waals surface area contributed by atoms with Gasteiger partial charge in [0.2, 0.25) is 0 Å². The van der Waals surface area contributed by atoms with Crippen molar-refractivity contribution < 1.29 is 23.8 Å². The molecule has 2 N–H and O–H groups in total. The number of nitrogens with one attached hydrogen (secondary N) is 1. The van der Waals surface area contributed by atoms with Crippen molar-refractivity contribution in [3.8, 4) is 11.5 Å². The van der Waals surface area contributed by atoms with Crippen LogP contribution < -0.4 is 14.8 Å². The first-order valence-electron chi connectivity index (χ1n) is 10.9. The molecule has 1 heterocycles. The number of ether oxygens (including phenoxy) is 2. The van der Waals surface area contributed by atoms with E-state index in [0.717, 1.165) is 11.3 Å². The molecule has 1 amide bonds. The molecular formula is C25H27FN4O4. The molecule has 178 valence electrons. The van der Waals surface area contributed by atoms with Crippen LogP contribution in [-0.2, 0) is 6.54 Å². The van der Waals surface area contributed by atoms with E-state index in [2.05, 4.69) is 15.3 Å². The van der Waals surface area contributed by atoms with Crippen LogP contribution in [0, 0.1) is 5.82 Å². The summed E-state index contributed by atoms with van der Waals surface area (Å²) in [4.78, 5) is 22.8. The van der Waals surface area contributed by atoms with Crippen LogP contribution in [0.1, 0.15) is 22.5 Å². The third kappa shape index (κ3) is 5.49. The van der Waals surface area contributed by atoms with Crippen LogP contribution in [0.25, 0.3) is 0 Å². The summed E-state index contributed by atoms with van der Waals surface area (Å²) < 4.78 is 24.8. The summed E-state index contributed by atoms with van der Waals surface area (Å²) in [7, 11) is 3.49. The average Bonchev–Trinajstić information content (AvgIpc) is 3.14. The Bertz CT molecular complexity index is 1100. The predicted molar refractivity (Wildman–Crippen MR) is 123 cm³/mol. The van der Waals surface area contributed by atoms with Gasteiger partial charge in [-0.05, 0) is 36.9 Å². The number of carbonyl (C=O) groups excluding carboxylic acids is 1. The minimum absolute atomic E-state index is 0.183. The number of hydrogen-bond acceptors (Lipinski definition) is 7. The summed E-state index contributed by atoms with van der Waals surface area (Å²) >= 11 is 0. The van der Waals surface area contributed by atoms with Gasteiger partial charge in [0.05, 0.1) is 25.4 Å². The summed E-state index contributed by atoms with van der Waals surface area (Å²) in [5, 5.41) is 14.2. The Kier molecular flexibility index (Phi) is 7.34. The molecule has 0 aliphatic heterocycles. The fourth-order valence-electron chi connectivity index (χ4n) is 4.32. The summed E-state index contributed by atoms with van der Waals surface area (Å²) in [6.07, 6.45) is 3.08. The van der Waals surface area contributed by atoms with Crippen molar-refractivity contribution in [1.29, 1.82) is 0 Å². The lowest BCUT2D eigenvalue weighted by atomic mass is 10.1. The summed E-state index contributed by atoms with van der Waals surface area (Å²) in [5.74, 6) is 0.261. The number of aromatic nitrogens is 2. The van der Waals surface area contributed by atoms with E-state index < -0.39 is 30.1 Å². The fourth-order valence-corrected chi connectivity index (χ4v) is 4.32. The van der Waals surface area contributed by atoms with Crippen LogP contribution in [0.2, 0.25) is 0 Å². The number of carbonyl (C=O) groups is 1. The number of halogens is 1. The van der Waals surface area contributed by atoms with E-state index in [0.29, 0.717) is 18.7 Å². The van der Waals surface area contributed by atoms with E-state index in [9.17, 15) is 14.3 Å². The zero-order chi connectivity index (χ0) is 24.1. The summed E-state index contributed by atoms with van der Waals surface area (Å²) in [6, 6.07) is 12.5. The van der Waals surface area contributed by atoms with Gasteiger partial charge < -0.3 is 19.9 Å². The Morgan fingerprint density at radius 1 is 1.21 bits per heavy atom. The number of aliphatic hydroxyl groups is 1. The van der Waals surface area contributed by atoms with E-state index in [-0.39, 0.29) is 11.6 Å².